The predicted octanol–water partition coefficient (Wildman–Crippen LogP) is 1.39. The first-order chi connectivity index (χ1) is 8.83. The lowest BCUT2D eigenvalue weighted by Crippen LogP contribution is -2.18. The topological polar surface area (TPSA) is 66.0 Å². The van der Waals surface area contributed by atoms with Gasteiger partial charge in [-0.1, -0.05) is 23.9 Å². The van der Waals surface area contributed by atoms with Crippen LogP contribution in [-0.2, 0) is 6.54 Å². The summed E-state index contributed by atoms with van der Waals surface area (Å²) in [6, 6.07) is 7.85. The molecule has 3 rings (SSSR count). The van der Waals surface area contributed by atoms with Crippen LogP contribution in [0.25, 0.3) is 11.4 Å². The number of hydrogen-bond donors (Lipinski definition) is 1. The molecule has 1 aromatic heterocycles. The van der Waals surface area contributed by atoms with E-state index in [-0.39, 0.29) is 0 Å². The molecule has 0 bridgehead atoms. The van der Waals surface area contributed by atoms with Crippen LogP contribution in [0, 0.1) is 0 Å². The van der Waals surface area contributed by atoms with Crippen LogP contribution in [-0.4, -0.2) is 33.7 Å². The van der Waals surface area contributed by atoms with E-state index < -0.39 is 0 Å². The first-order valence-corrected chi connectivity index (χ1v) is 6.64. The Kier molecular flexibility index (Phi) is 2.97. The Balaban J connectivity index is 2.04. The fraction of sp³-hybridized carbons (Fsp3) is 0.333. The van der Waals surface area contributed by atoms with Gasteiger partial charge in [0.1, 0.15) is 5.75 Å². The summed E-state index contributed by atoms with van der Waals surface area (Å²) in [4.78, 5) is 0. The third-order valence-corrected chi connectivity index (χ3v) is 4.17. The first kappa shape index (κ1) is 11.6. The highest BCUT2D eigenvalue weighted by Gasteiger charge is 2.27. The van der Waals surface area contributed by atoms with Crippen molar-refractivity contribution in [1.82, 2.24) is 14.8 Å². The van der Waals surface area contributed by atoms with Crippen molar-refractivity contribution in [3.05, 3.63) is 24.3 Å². The SMILES string of the molecule is COc1ccccc1-c1nnc2n1CC(CN)S2. The highest BCUT2D eigenvalue weighted by atomic mass is 32.2. The van der Waals surface area contributed by atoms with Gasteiger partial charge >= 0.3 is 0 Å². The van der Waals surface area contributed by atoms with Gasteiger partial charge in [0.05, 0.1) is 12.7 Å². The van der Waals surface area contributed by atoms with E-state index in [1.165, 1.54) is 0 Å². The van der Waals surface area contributed by atoms with Crippen LogP contribution < -0.4 is 10.5 Å². The van der Waals surface area contributed by atoms with Gasteiger partial charge in [-0.3, -0.25) is 0 Å². The zero-order valence-corrected chi connectivity index (χ0v) is 10.9. The molecule has 94 valence electrons. The second kappa shape index (κ2) is 4.62. The Labute approximate surface area is 109 Å². The molecule has 2 aromatic rings. The molecule has 1 aliphatic heterocycles. The molecule has 0 spiro atoms. The van der Waals surface area contributed by atoms with Crippen LogP contribution in [0.1, 0.15) is 0 Å². The van der Waals surface area contributed by atoms with E-state index >= 15 is 0 Å². The lowest BCUT2D eigenvalue weighted by molar-refractivity contribution is 0.416. The summed E-state index contributed by atoms with van der Waals surface area (Å²) in [7, 11) is 1.66. The van der Waals surface area contributed by atoms with Gasteiger partial charge in [0.15, 0.2) is 11.0 Å². The van der Waals surface area contributed by atoms with Gasteiger partial charge < -0.3 is 15.0 Å². The van der Waals surface area contributed by atoms with Crippen molar-refractivity contribution >= 4 is 11.8 Å². The molecule has 5 nitrogen and oxygen atoms in total. The summed E-state index contributed by atoms with van der Waals surface area (Å²) in [6.07, 6.45) is 0. The Morgan fingerprint density at radius 3 is 3.06 bits per heavy atom. The van der Waals surface area contributed by atoms with Crippen LogP contribution >= 0.6 is 11.8 Å². The van der Waals surface area contributed by atoms with Gasteiger partial charge in [-0.25, -0.2) is 0 Å². The minimum Gasteiger partial charge on any atom is -0.496 e. The number of rotatable bonds is 3. The lowest BCUT2D eigenvalue weighted by atomic mass is 10.2. The van der Waals surface area contributed by atoms with E-state index in [4.69, 9.17) is 10.5 Å². The zero-order valence-electron chi connectivity index (χ0n) is 10.0. The van der Waals surface area contributed by atoms with E-state index in [9.17, 15) is 0 Å². The monoisotopic (exact) mass is 262 g/mol. The molecule has 1 atom stereocenters. The average Bonchev–Trinajstić information content (AvgIpc) is 2.98. The van der Waals surface area contributed by atoms with Gasteiger partial charge in [0.2, 0.25) is 0 Å². The number of benzene rings is 1. The third-order valence-electron chi connectivity index (χ3n) is 2.99. The number of thioether (sulfide) groups is 1. The molecule has 2 N–H and O–H groups in total. The van der Waals surface area contributed by atoms with Crippen molar-refractivity contribution in [2.75, 3.05) is 13.7 Å². The summed E-state index contributed by atoms with van der Waals surface area (Å²) in [6.45, 7) is 1.51. The molecule has 1 aromatic carbocycles. The molecule has 0 amide bonds. The number of para-hydroxylation sites is 1. The normalized spacial score (nSPS) is 17.8. The highest BCUT2D eigenvalue weighted by molar-refractivity contribution is 8.00. The van der Waals surface area contributed by atoms with Gasteiger partial charge in [0.25, 0.3) is 0 Å². The van der Waals surface area contributed by atoms with Crippen LogP contribution in [0.15, 0.2) is 29.4 Å². The van der Waals surface area contributed by atoms with Gasteiger partial charge in [-0.2, -0.15) is 0 Å². The smallest absolute Gasteiger partial charge is 0.191 e. The number of fused-ring (bicyclic) bond motifs is 1. The maximum Gasteiger partial charge on any atom is 0.191 e. The second-order valence-electron chi connectivity index (χ2n) is 4.09. The van der Waals surface area contributed by atoms with Crippen LogP contribution in [0.4, 0.5) is 0 Å². The predicted molar refractivity (Wildman–Crippen MR) is 70.7 cm³/mol. The maximum atomic E-state index is 5.71. The van der Waals surface area contributed by atoms with Crippen LogP contribution in [0.3, 0.4) is 0 Å². The van der Waals surface area contributed by atoms with E-state index in [0.717, 1.165) is 28.8 Å². The number of methoxy groups -OCH3 is 1. The summed E-state index contributed by atoms with van der Waals surface area (Å²) >= 11 is 1.69. The average molecular weight is 262 g/mol. The maximum absolute atomic E-state index is 5.71. The summed E-state index contributed by atoms with van der Waals surface area (Å²) < 4.78 is 7.48. The molecule has 0 radical (unpaired) electrons. The molecular weight excluding hydrogens is 248 g/mol. The number of hydrogen-bond acceptors (Lipinski definition) is 5. The Morgan fingerprint density at radius 1 is 1.44 bits per heavy atom. The molecule has 1 aliphatic rings. The third kappa shape index (κ3) is 1.77. The van der Waals surface area contributed by atoms with Crippen LogP contribution in [0.5, 0.6) is 5.75 Å². The molecule has 2 heterocycles. The Bertz CT molecular complexity index is 569. The van der Waals surface area contributed by atoms with Crippen molar-refractivity contribution in [3.63, 3.8) is 0 Å². The van der Waals surface area contributed by atoms with E-state index in [1.54, 1.807) is 18.9 Å². The van der Waals surface area contributed by atoms with Crippen molar-refractivity contribution in [2.45, 2.75) is 17.0 Å². The van der Waals surface area contributed by atoms with E-state index in [1.807, 2.05) is 24.3 Å². The minimum atomic E-state index is 0.393. The Hall–Kier alpha value is -1.53. The molecule has 0 fully saturated rings. The quantitative estimate of drug-likeness (QED) is 0.905. The van der Waals surface area contributed by atoms with Crippen LogP contribution in [0.2, 0.25) is 0 Å². The standard InChI is InChI=1S/C12H14N4OS/c1-17-10-5-3-2-4-9(10)11-14-15-12-16(11)7-8(6-13)18-12/h2-5,8H,6-7,13H2,1H3. The Morgan fingerprint density at radius 2 is 2.28 bits per heavy atom. The molecular formula is C12H14N4OS. The summed E-state index contributed by atoms with van der Waals surface area (Å²) in [5.41, 5.74) is 6.68. The van der Waals surface area contributed by atoms with Gasteiger partial charge in [-0.15, -0.1) is 10.2 Å². The fourth-order valence-electron chi connectivity index (χ4n) is 2.08. The fourth-order valence-corrected chi connectivity index (χ4v) is 3.08. The zero-order chi connectivity index (χ0) is 12.5. The number of nitrogens with two attached hydrogens (primary N) is 1. The molecule has 0 aliphatic carbocycles. The van der Waals surface area contributed by atoms with Crippen molar-refractivity contribution in [2.24, 2.45) is 5.73 Å². The molecule has 0 saturated heterocycles. The molecule has 0 saturated carbocycles. The molecule has 1 unspecified atom stereocenters. The van der Waals surface area contributed by atoms with Crippen molar-refractivity contribution < 1.29 is 4.74 Å². The second-order valence-corrected chi connectivity index (χ2v) is 5.36. The molecule has 18 heavy (non-hydrogen) atoms. The van der Waals surface area contributed by atoms with Crippen molar-refractivity contribution in [3.8, 4) is 17.1 Å². The summed E-state index contributed by atoms with van der Waals surface area (Å²) in [5, 5.41) is 9.80. The van der Waals surface area contributed by atoms with Gasteiger partial charge in [0, 0.05) is 18.3 Å². The minimum absolute atomic E-state index is 0.393. The number of ether oxygens (including phenoxy) is 1. The lowest BCUT2D eigenvalue weighted by Gasteiger charge is -2.09. The van der Waals surface area contributed by atoms with Gasteiger partial charge in [-0.05, 0) is 12.1 Å². The number of nitrogens with zero attached hydrogens (tertiary/aromatic N) is 3. The molecule has 6 heteroatoms. The highest BCUT2D eigenvalue weighted by Crippen LogP contribution is 2.36. The van der Waals surface area contributed by atoms with Crippen molar-refractivity contribution in [1.29, 1.82) is 0 Å². The van der Waals surface area contributed by atoms with E-state index in [0.29, 0.717) is 11.8 Å². The number of aromatic nitrogens is 3. The first-order valence-electron chi connectivity index (χ1n) is 5.76. The largest absolute Gasteiger partial charge is 0.496 e. The van der Waals surface area contributed by atoms with E-state index in [2.05, 4.69) is 14.8 Å². The summed E-state index contributed by atoms with van der Waals surface area (Å²) in [5.74, 6) is 1.67.